The number of halogens is 1. The smallest absolute Gasteiger partial charge is 0.254 e. The normalized spacial score (nSPS) is 18.2. The second-order valence-electron chi connectivity index (χ2n) is 5.60. The summed E-state index contributed by atoms with van der Waals surface area (Å²) in [6.07, 6.45) is 1.33. The zero-order valence-corrected chi connectivity index (χ0v) is 13.2. The standard InChI is InChI=1S/C16H19FN4O2/c1-3-20-10-18-19-15(20)14-9-21(4-5-23-14)16(22)12-6-11(2)7-13(17)8-12/h6-8,10,14H,3-5,9H2,1-2H3. The van der Waals surface area contributed by atoms with Crippen LogP contribution in [0.1, 0.15) is 34.8 Å². The number of amides is 1. The Morgan fingerprint density at radius 2 is 2.26 bits per heavy atom. The molecule has 1 unspecified atom stereocenters. The molecule has 122 valence electrons. The van der Waals surface area contributed by atoms with Crippen molar-refractivity contribution in [2.24, 2.45) is 0 Å². The molecule has 0 radical (unpaired) electrons. The molecule has 6 nitrogen and oxygen atoms in total. The first kappa shape index (κ1) is 15.6. The fourth-order valence-corrected chi connectivity index (χ4v) is 2.79. The summed E-state index contributed by atoms with van der Waals surface area (Å²) in [5.41, 5.74) is 1.09. The highest BCUT2D eigenvalue weighted by atomic mass is 19.1. The van der Waals surface area contributed by atoms with Gasteiger partial charge in [0.15, 0.2) is 5.82 Å². The van der Waals surface area contributed by atoms with Crippen LogP contribution in [0.15, 0.2) is 24.5 Å². The molecule has 1 fully saturated rings. The molecule has 0 spiro atoms. The van der Waals surface area contributed by atoms with Crippen molar-refractivity contribution in [1.29, 1.82) is 0 Å². The molecule has 1 aromatic heterocycles. The van der Waals surface area contributed by atoms with Crippen LogP contribution in [0.4, 0.5) is 4.39 Å². The summed E-state index contributed by atoms with van der Waals surface area (Å²) in [6, 6.07) is 4.38. The van der Waals surface area contributed by atoms with Crippen LogP contribution in [0.5, 0.6) is 0 Å². The lowest BCUT2D eigenvalue weighted by Crippen LogP contribution is -2.43. The minimum Gasteiger partial charge on any atom is -0.366 e. The molecule has 23 heavy (non-hydrogen) atoms. The van der Waals surface area contributed by atoms with Crippen molar-refractivity contribution in [3.8, 4) is 0 Å². The second-order valence-corrected chi connectivity index (χ2v) is 5.60. The number of aryl methyl sites for hydroxylation is 2. The molecule has 1 amide bonds. The van der Waals surface area contributed by atoms with E-state index in [2.05, 4.69) is 10.2 Å². The molecule has 1 aliphatic heterocycles. The number of morpholine rings is 1. The summed E-state index contributed by atoms with van der Waals surface area (Å²) in [5, 5.41) is 7.99. The third-order valence-corrected chi connectivity index (χ3v) is 3.92. The average molecular weight is 318 g/mol. The van der Waals surface area contributed by atoms with E-state index in [4.69, 9.17) is 4.74 Å². The Morgan fingerprint density at radius 3 is 3.00 bits per heavy atom. The largest absolute Gasteiger partial charge is 0.366 e. The molecule has 1 atom stereocenters. The maximum atomic E-state index is 13.5. The molecule has 1 aliphatic rings. The molecule has 0 aliphatic carbocycles. The molecule has 2 aromatic rings. The Labute approximate surface area is 133 Å². The highest BCUT2D eigenvalue weighted by Crippen LogP contribution is 2.22. The van der Waals surface area contributed by atoms with Crippen molar-refractivity contribution in [3.63, 3.8) is 0 Å². The van der Waals surface area contributed by atoms with Crippen molar-refractivity contribution >= 4 is 5.91 Å². The lowest BCUT2D eigenvalue weighted by molar-refractivity contribution is -0.0284. The van der Waals surface area contributed by atoms with E-state index in [0.717, 1.165) is 12.1 Å². The minimum absolute atomic E-state index is 0.191. The van der Waals surface area contributed by atoms with Crippen molar-refractivity contribution in [3.05, 3.63) is 47.3 Å². The topological polar surface area (TPSA) is 60.2 Å². The maximum Gasteiger partial charge on any atom is 0.254 e. The van der Waals surface area contributed by atoms with Gasteiger partial charge < -0.3 is 14.2 Å². The molecule has 0 bridgehead atoms. The van der Waals surface area contributed by atoms with Gasteiger partial charge in [-0.3, -0.25) is 4.79 Å². The number of carbonyl (C=O) groups is 1. The lowest BCUT2D eigenvalue weighted by Gasteiger charge is -2.32. The molecule has 7 heteroatoms. The van der Waals surface area contributed by atoms with Gasteiger partial charge >= 0.3 is 0 Å². The number of nitrogens with zero attached hydrogens (tertiary/aromatic N) is 4. The number of aromatic nitrogens is 3. The summed E-state index contributed by atoms with van der Waals surface area (Å²) >= 11 is 0. The van der Waals surface area contributed by atoms with Crippen LogP contribution < -0.4 is 0 Å². The zero-order chi connectivity index (χ0) is 16.4. The zero-order valence-electron chi connectivity index (χ0n) is 13.2. The van der Waals surface area contributed by atoms with E-state index in [9.17, 15) is 9.18 Å². The first-order valence-electron chi connectivity index (χ1n) is 7.64. The molecule has 1 aromatic carbocycles. The summed E-state index contributed by atoms with van der Waals surface area (Å²) in [5.74, 6) is 0.118. The van der Waals surface area contributed by atoms with Crippen LogP contribution in [-0.2, 0) is 11.3 Å². The Morgan fingerprint density at radius 1 is 1.43 bits per heavy atom. The van der Waals surface area contributed by atoms with Crippen molar-refractivity contribution in [2.45, 2.75) is 26.5 Å². The maximum absolute atomic E-state index is 13.5. The van der Waals surface area contributed by atoms with Crippen molar-refractivity contribution < 1.29 is 13.9 Å². The first-order chi connectivity index (χ1) is 11.1. The lowest BCUT2D eigenvalue weighted by atomic mass is 10.1. The predicted octanol–water partition coefficient (Wildman–Crippen LogP) is 1.96. The molecule has 0 N–H and O–H groups in total. The molecular formula is C16H19FN4O2. The number of ether oxygens (including phenoxy) is 1. The van der Waals surface area contributed by atoms with Crippen LogP contribution in [0, 0.1) is 12.7 Å². The van der Waals surface area contributed by atoms with Crippen LogP contribution in [0.3, 0.4) is 0 Å². The summed E-state index contributed by atoms with van der Waals surface area (Å²) in [7, 11) is 0. The monoisotopic (exact) mass is 318 g/mol. The Bertz CT molecular complexity index is 696. The fourth-order valence-electron chi connectivity index (χ4n) is 2.79. The third kappa shape index (κ3) is 3.24. The number of carbonyl (C=O) groups excluding carboxylic acids is 1. The molecule has 3 rings (SSSR count). The number of rotatable bonds is 3. The highest BCUT2D eigenvalue weighted by Gasteiger charge is 2.29. The Balaban J connectivity index is 1.79. The first-order valence-corrected chi connectivity index (χ1v) is 7.64. The second kappa shape index (κ2) is 6.45. The van der Waals surface area contributed by atoms with E-state index in [1.165, 1.54) is 12.1 Å². The van der Waals surface area contributed by atoms with Crippen LogP contribution >= 0.6 is 0 Å². The van der Waals surface area contributed by atoms with Crippen LogP contribution in [-0.4, -0.2) is 45.3 Å². The fraction of sp³-hybridized carbons (Fsp3) is 0.438. The minimum atomic E-state index is -0.399. The van der Waals surface area contributed by atoms with Gasteiger partial charge in [-0.05, 0) is 37.6 Å². The van der Waals surface area contributed by atoms with E-state index >= 15 is 0 Å². The predicted molar refractivity (Wildman–Crippen MR) is 81.4 cm³/mol. The SMILES string of the molecule is CCn1cnnc1C1CN(C(=O)c2cc(C)cc(F)c2)CCO1. The molecule has 1 saturated heterocycles. The molecule has 2 heterocycles. The van der Waals surface area contributed by atoms with Gasteiger partial charge in [0, 0.05) is 18.7 Å². The van der Waals surface area contributed by atoms with Gasteiger partial charge in [0.2, 0.25) is 0 Å². The van der Waals surface area contributed by atoms with Crippen molar-refractivity contribution in [2.75, 3.05) is 19.7 Å². The van der Waals surface area contributed by atoms with E-state index in [1.54, 1.807) is 24.2 Å². The number of benzene rings is 1. The van der Waals surface area contributed by atoms with E-state index < -0.39 is 5.82 Å². The summed E-state index contributed by atoms with van der Waals surface area (Å²) in [4.78, 5) is 14.3. The number of hydrogen-bond acceptors (Lipinski definition) is 4. The van der Waals surface area contributed by atoms with Crippen molar-refractivity contribution in [1.82, 2.24) is 19.7 Å². The van der Waals surface area contributed by atoms with Gasteiger partial charge in [-0.2, -0.15) is 0 Å². The average Bonchev–Trinajstić information content (AvgIpc) is 3.02. The van der Waals surface area contributed by atoms with Gasteiger partial charge in [-0.15, -0.1) is 10.2 Å². The van der Waals surface area contributed by atoms with Crippen LogP contribution in [0.25, 0.3) is 0 Å². The Kier molecular flexibility index (Phi) is 4.38. The van der Waals surface area contributed by atoms with Gasteiger partial charge in [-0.25, -0.2) is 4.39 Å². The summed E-state index contributed by atoms with van der Waals surface area (Å²) in [6.45, 7) is 5.78. The number of hydrogen-bond donors (Lipinski definition) is 0. The molecular weight excluding hydrogens is 299 g/mol. The van der Waals surface area contributed by atoms with E-state index in [0.29, 0.717) is 31.1 Å². The van der Waals surface area contributed by atoms with Gasteiger partial charge in [0.1, 0.15) is 18.2 Å². The Hall–Kier alpha value is -2.28. The quantitative estimate of drug-likeness (QED) is 0.868. The highest BCUT2D eigenvalue weighted by molar-refractivity contribution is 5.94. The summed E-state index contributed by atoms with van der Waals surface area (Å²) < 4.78 is 21.2. The van der Waals surface area contributed by atoms with E-state index in [1.807, 2.05) is 11.5 Å². The van der Waals surface area contributed by atoms with Crippen LogP contribution in [0.2, 0.25) is 0 Å². The van der Waals surface area contributed by atoms with Gasteiger partial charge in [0.25, 0.3) is 5.91 Å². The van der Waals surface area contributed by atoms with Gasteiger partial charge in [0.05, 0.1) is 13.2 Å². The molecule has 0 saturated carbocycles. The third-order valence-electron chi connectivity index (χ3n) is 3.92. The van der Waals surface area contributed by atoms with E-state index in [-0.39, 0.29) is 12.0 Å². The van der Waals surface area contributed by atoms with Gasteiger partial charge in [-0.1, -0.05) is 0 Å².